The molecule has 0 fully saturated rings. The summed E-state index contributed by atoms with van der Waals surface area (Å²) in [7, 11) is 0. The molecule has 0 rings (SSSR count). The van der Waals surface area contributed by atoms with Gasteiger partial charge in [-0.05, 0) is 77.0 Å². The Hall–Kier alpha value is -2.37. The number of hydrogen-bond donors (Lipinski definition) is 0. The molecule has 0 heterocycles. The lowest BCUT2D eigenvalue weighted by Crippen LogP contribution is -2.30. The van der Waals surface area contributed by atoms with Gasteiger partial charge in [0.25, 0.3) is 0 Å². The number of rotatable bonds is 62. The van der Waals surface area contributed by atoms with Crippen molar-refractivity contribution in [3.63, 3.8) is 0 Å². The molecule has 0 saturated carbocycles. The average Bonchev–Trinajstić information content (AvgIpc) is 3.41. The zero-order valence-corrected chi connectivity index (χ0v) is 50.6. The fourth-order valence-corrected chi connectivity index (χ4v) is 10.1. The van der Waals surface area contributed by atoms with E-state index in [-0.39, 0.29) is 31.1 Å². The van der Waals surface area contributed by atoms with Gasteiger partial charge < -0.3 is 14.2 Å². The van der Waals surface area contributed by atoms with Crippen molar-refractivity contribution in [2.24, 2.45) is 0 Å². The van der Waals surface area contributed by atoms with Crippen molar-refractivity contribution in [2.45, 2.75) is 374 Å². The summed E-state index contributed by atoms with van der Waals surface area (Å²) in [5, 5.41) is 0. The summed E-state index contributed by atoms with van der Waals surface area (Å²) < 4.78 is 17.0. The van der Waals surface area contributed by atoms with Crippen molar-refractivity contribution in [1.29, 1.82) is 0 Å². The fourth-order valence-electron chi connectivity index (χ4n) is 10.1. The molecule has 1 unspecified atom stereocenters. The third-order valence-corrected chi connectivity index (χ3v) is 15.1. The fraction of sp³-hybridized carbons (Fsp3) is 0.870. The lowest BCUT2D eigenvalue weighted by Gasteiger charge is -2.18. The summed E-state index contributed by atoms with van der Waals surface area (Å²) in [6.45, 7) is 6.68. The maximum absolute atomic E-state index is 12.9. The van der Waals surface area contributed by atoms with Gasteiger partial charge in [-0.3, -0.25) is 14.4 Å². The molecule has 75 heavy (non-hydrogen) atoms. The number of allylic oxidation sites excluding steroid dienone is 6. The van der Waals surface area contributed by atoms with Crippen LogP contribution in [-0.2, 0) is 28.6 Å². The lowest BCUT2D eigenvalue weighted by atomic mass is 10.0. The van der Waals surface area contributed by atoms with E-state index < -0.39 is 6.10 Å². The summed E-state index contributed by atoms with van der Waals surface area (Å²) >= 11 is 0. The third-order valence-electron chi connectivity index (χ3n) is 15.1. The number of esters is 3. The van der Waals surface area contributed by atoms with Gasteiger partial charge >= 0.3 is 17.9 Å². The highest BCUT2D eigenvalue weighted by molar-refractivity contribution is 5.71. The van der Waals surface area contributed by atoms with E-state index in [1.54, 1.807) is 0 Å². The van der Waals surface area contributed by atoms with Crippen molar-refractivity contribution in [2.75, 3.05) is 13.2 Å². The molecule has 0 spiro atoms. The molecule has 1 atom stereocenters. The molecular formula is C69H128O6. The van der Waals surface area contributed by atoms with Crippen LogP contribution in [0.5, 0.6) is 0 Å². The largest absolute Gasteiger partial charge is 0.462 e. The molecule has 0 bridgehead atoms. The van der Waals surface area contributed by atoms with E-state index in [0.29, 0.717) is 19.3 Å². The Morgan fingerprint density at radius 3 is 0.747 bits per heavy atom. The summed E-state index contributed by atoms with van der Waals surface area (Å²) in [5.41, 5.74) is 0. The summed E-state index contributed by atoms with van der Waals surface area (Å²) in [5.74, 6) is -0.860. The van der Waals surface area contributed by atoms with E-state index in [0.717, 1.165) is 70.6 Å². The Kier molecular flexibility index (Phi) is 62.1. The minimum absolute atomic E-state index is 0.0720. The van der Waals surface area contributed by atoms with E-state index >= 15 is 0 Å². The Balaban J connectivity index is 4.29. The number of carbonyl (C=O) groups excluding carboxylic acids is 3. The van der Waals surface area contributed by atoms with E-state index in [1.807, 2.05) is 0 Å². The van der Waals surface area contributed by atoms with Gasteiger partial charge in [0.05, 0.1) is 0 Å². The quantitative estimate of drug-likeness (QED) is 0.0261. The first-order chi connectivity index (χ1) is 37.0. The lowest BCUT2D eigenvalue weighted by molar-refractivity contribution is -0.167. The smallest absolute Gasteiger partial charge is 0.306 e. The van der Waals surface area contributed by atoms with Gasteiger partial charge in [-0.2, -0.15) is 0 Å². The van der Waals surface area contributed by atoms with Crippen LogP contribution in [0.25, 0.3) is 0 Å². The molecule has 0 aromatic carbocycles. The highest BCUT2D eigenvalue weighted by atomic mass is 16.6. The first-order valence-electron chi connectivity index (χ1n) is 33.5. The molecule has 0 aliphatic carbocycles. The van der Waals surface area contributed by atoms with Gasteiger partial charge in [-0.15, -0.1) is 0 Å². The van der Waals surface area contributed by atoms with Gasteiger partial charge in [-0.25, -0.2) is 0 Å². The second-order valence-electron chi connectivity index (χ2n) is 22.7. The minimum Gasteiger partial charge on any atom is -0.462 e. The van der Waals surface area contributed by atoms with Gasteiger partial charge in [0.2, 0.25) is 0 Å². The van der Waals surface area contributed by atoms with E-state index in [9.17, 15) is 14.4 Å². The van der Waals surface area contributed by atoms with Crippen LogP contribution in [0, 0.1) is 0 Å². The summed E-state index contributed by atoms with van der Waals surface area (Å²) in [6.07, 6.45) is 78.7. The van der Waals surface area contributed by atoms with Crippen LogP contribution in [0.4, 0.5) is 0 Å². The molecular weight excluding hydrogens is 925 g/mol. The number of unbranched alkanes of at least 4 members (excludes halogenated alkanes) is 45. The minimum atomic E-state index is -0.776. The molecule has 0 aliphatic rings. The van der Waals surface area contributed by atoms with Crippen molar-refractivity contribution < 1.29 is 28.6 Å². The molecule has 6 heteroatoms. The molecule has 0 radical (unpaired) electrons. The Morgan fingerprint density at radius 2 is 0.480 bits per heavy atom. The Bertz CT molecular complexity index is 1250. The van der Waals surface area contributed by atoms with Crippen LogP contribution in [-0.4, -0.2) is 37.2 Å². The SMILES string of the molecule is CCCCCCC/C=C\C/C=C\CCCCCCCCCCCC(=O)OC(COC(=O)CCCCCCC/C=C\CCCCCCC)COC(=O)CCCCCCCCCCCCCCCCCCCCCCCC. The molecule has 0 aromatic rings. The molecule has 0 saturated heterocycles. The van der Waals surface area contributed by atoms with E-state index in [4.69, 9.17) is 14.2 Å². The maximum Gasteiger partial charge on any atom is 0.306 e. The van der Waals surface area contributed by atoms with Crippen LogP contribution in [0.1, 0.15) is 367 Å². The van der Waals surface area contributed by atoms with Gasteiger partial charge in [0, 0.05) is 19.3 Å². The van der Waals surface area contributed by atoms with Crippen LogP contribution in [0.3, 0.4) is 0 Å². The zero-order valence-electron chi connectivity index (χ0n) is 50.6. The van der Waals surface area contributed by atoms with Crippen molar-refractivity contribution in [1.82, 2.24) is 0 Å². The Morgan fingerprint density at radius 1 is 0.267 bits per heavy atom. The predicted octanol–water partition coefficient (Wildman–Crippen LogP) is 22.8. The van der Waals surface area contributed by atoms with Gasteiger partial charge in [0.1, 0.15) is 13.2 Å². The maximum atomic E-state index is 12.9. The van der Waals surface area contributed by atoms with Crippen LogP contribution >= 0.6 is 0 Å². The van der Waals surface area contributed by atoms with Crippen molar-refractivity contribution >= 4 is 17.9 Å². The van der Waals surface area contributed by atoms with Crippen LogP contribution in [0.2, 0.25) is 0 Å². The molecule has 0 amide bonds. The Labute approximate surface area is 467 Å². The highest BCUT2D eigenvalue weighted by Gasteiger charge is 2.19. The molecule has 0 N–H and O–H groups in total. The van der Waals surface area contributed by atoms with Gasteiger partial charge in [0.15, 0.2) is 6.10 Å². The average molecular weight is 1050 g/mol. The molecule has 6 nitrogen and oxygen atoms in total. The highest BCUT2D eigenvalue weighted by Crippen LogP contribution is 2.18. The van der Waals surface area contributed by atoms with E-state index in [2.05, 4.69) is 57.2 Å². The first kappa shape index (κ1) is 72.6. The molecule has 0 aliphatic heterocycles. The second-order valence-corrected chi connectivity index (χ2v) is 22.7. The summed E-state index contributed by atoms with van der Waals surface area (Å²) in [6, 6.07) is 0. The topological polar surface area (TPSA) is 78.9 Å². The van der Waals surface area contributed by atoms with Crippen LogP contribution in [0.15, 0.2) is 36.5 Å². The van der Waals surface area contributed by atoms with Crippen molar-refractivity contribution in [3.8, 4) is 0 Å². The number of ether oxygens (including phenoxy) is 3. The number of hydrogen-bond acceptors (Lipinski definition) is 6. The van der Waals surface area contributed by atoms with Crippen LogP contribution < -0.4 is 0 Å². The standard InChI is InChI=1S/C69H128O6/c1-4-7-10-13-16-19-22-25-28-30-32-34-36-37-39-41-44-47-50-53-56-59-62-68(71)74-65-66(64-73-67(70)61-58-55-52-49-46-43-27-24-21-18-15-12-9-6-3)75-69(72)63-60-57-54-51-48-45-42-40-38-35-33-31-29-26-23-20-17-14-11-8-5-2/h23-24,26-27,31,33,66H,4-22,25,28-30,32,34-65H2,1-3H3/b26-23-,27-24-,33-31-. The first-order valence-corrected chi connectivity index (χ1v) is 33.5. The molecule has 0 aromatic heterocycles. The predicted molar refractivity (Wildman–Crippen MR) is 326 cm³/mol. The third kappa shape index (κ3) is 62.4. The summed E-state index contributed by atoms with van der Waals surface area (Å²) in [4.78, 5) is 38.4. The normalized spacial score (nSPS) is 12.2. The van der Waals surface area contributed by atoms with Gasteiger partial charge in [-0.1, -0.05) is 308 Å². The zero-order chi connectivity index (χ0) is 54.3. The second kappa shape index (κ2) is 64.2. The molecule has 440 valence electrons. The number of carbonyl (C=O) groups is 3. The van der Waals surface area contributed by atoms with E-state index in [1.165, 1.54) is 257 Å². The van der Waals surface area contributed by atoms with Crippen molar-refractivity contribution in [3.05, 3.63) is 36.5 Å². The monoisotopic (exact) mass is 1050 g/mol.